The van der Waals surface area contributed by atoms with Crippen LogP contribution < -0.4 is 0 Å². The van der Waals surface area contributed by atoms with Crippen LogP contribution in [0.15, 0.2) is 24.3 Å². The third kappa shape index (κ3) is 18.5. The Balaban J connectivity index is 3.33. The molecule has 0 aromatic heterocycles. The van der Waals surface area contributed by atoms with Crippen molar-refractivity contribution in [1.29, 1.82) is 0 Å². The molecule has 0 saturated heterocycles. The average Bonchev–Trinajstić information content (AvgIpc) is 2.57. The molecule has 0 atom stereocenters. The molecule has 130 valence electrons. The van der Waals surface area contributed by atoms with E-state index in [0.29, 0.717) is 6.42 Å². The predicted octanol–water partition coefficient (Wildman–Crippen LogP) is 5.98. The zero-order valence-electron chi connectivity index (χ0n) is 15.1. The van der Waals surface area contributed by atoms with Crippen LogP contribution in [0.5, 0.6) is 0 Å². The second-order valence-corrected chi connectivity index (χ2v) is 5.72. The van der Waals surface area contributed by atoms with Crippen LogP contribution in [0.1, 0.15) is 84.0 Å². The van der Waals surface area contributed by atoms with Crippen molar-refractivity contribution < 1.29 is 9.53 Å². The van der Waals surface area contributed by atoms with Gasteiger partial charge >= 0.3 is 5.97 Å². The number of rotatable bonds is 13. The highest BCUT2D eigenvalue weighted by Gasteiger charge is 1.98. The van der Waals surface area contributed by atoms with Crippen LogP contribution in [0.2, 0.25) is 0 Å². The largest absolute Gasteiger partial charge is 0.469 e. The first-order valence-electron chi connectivity index (χ1n) is 9.13. The van der Waals surface area contributed by atoms with Crippen molar-refractivity contribution in [3.8, 4) is 11.8 Å². The number of hydrogen-bond donors (Lipinski definition) is 0. The Hall–Kier alpha value is -1.49. The van der Waals surface area contributed by atoms with Crippen LogP contribution >= 0.6 is 0 Å². The molecule has 2 nitrogen and oxygen atoms in total. The molecule has 0 aliphatic heterocycles. The number of ether oxygens (including phenoxy) is 1. The SMILES string of the molecule is CCCCCC#CC/C=C\C/C=C\CCCCCCC(=O)OC. The van der Waals surface area contributed by atoms with Gasteiger partial charge in [-0.15, -0.1) is 5.92 Å². The first-order chi connectivity index (χ1) is 11.3. The van der Waals surface area contributed by atoms with E-state index in [1.54, 1.807) is 0 Å². The Morgan fingerprint density at radius 2 is 1.70 bits per heavy atom. The van der Waals surface area contributed by atoms with Gasteiger partial charge in [0.05, 0.1) is 7.11 Å². The van der Waals surface area contributed by atoms with E-state index in [2.05, 4.69) is 47.8 Å². The average molecular weight is 319 g/mol. The van der Waals surface area contributed by atoms with Gasteiger partial charge in [0.1, 0.15) is 0 Å². The van der Waals surface area contributed by atoms with Crippen molar-refractivity contribution in [2.75, 3.05) is 7.11 Å². The van der Waals surface area contributed by atoms with Crippen molar-refractivity contribution in [3.05, 3.63) is 24.3 Å². The van der Waals surface area contributed by atoms with E-state index in [9.17, 15) is 4.79 Å². The first-order valence-corrected chi connectivity index (χ1v) is 9.13. The summed E-state index contributed by atoms with van der Waals surface area (Å²) in [5, 5.41) is 0. The third-order valence-corrected chi connectivity index (χ3v) is 3.59. The van der Waals surface area contributed by atoms with Gasteiger partial charge in [0.2, 0.25) is 0 Å². The highest BCUT2D eigenvalue weighted by Crippen LogP contribution is 2.06. The van der Waals surface area contributed by atoms with Gasteiger partial charge in [-0.05, 0) is 32.1 Å². The molecular formula is C21H34O2. The molecule has 0 aromatic carbocycles. The summed E-state index contributed by atoms with van der Waals surface area (Å²) in [5.74, 6) is 6.32. The fourth-order valence-corrected chi connectivity index (χ4v) is 2.14. The van der Waals surface area contributed by atoms with E-state index >= 15 is 0 Å². The molecular weight excluding hydrogens is 284 g/mol. The molecule has 23 heavy (non-hydrogen) atoms. The van der Waals surface area contributed by atoms with Crippen molar-refractivity contribution in [1.82, 2.24) is 0 Å². The van der Waals surface area contributed by atoms with E-state index in [1.807, 2.05) is 0 Å². The Bertz CT molecular complexity index is 382. The number of carbonyl (C=O) groups is 1. The summed E-state index contributed by atoms with van der Waals surface area (Å²) >= 11 is 0. The molecule has 2 heteroatoms. The Morgan fingerprint density at radius 1 is 0.913 bits per heavy atom. The third-order valence-electron chi connectivity index (χ3n) is 3.59. The van der Waals surface area contributed by atoms with Crippen LogP contribution in [0.25, 0.3) is 0 Å². The maximum Gasteiger partial charge on any atom is 0.305 e. The number of esters is 1. The maximum atomic E-state index is 10.9. The number of methoxy groups -OCH3 is 1. The molecule has 0 saturated carbocycles. The zero-order chi connectivity index (χ0) is 17.0. The lowest BCUT2D eigenvalue weighted by Crippen LogP contribution is -1.98. The standard InChI is InChI=1S/C21H34O2/c1-3-4-5-6-7-8-9-10-11-12-13-14-15-16-17-18-19-20-21(22)23-2/h10-11,13-14H,3-6,9,12,15-20H2,1-2H3/b11-10-,14-13-. The van der Waals surface area contributed by atoms with Crippen molar-refractivity contribution in [2.24, 2.45) is 0 Å². The van der Waals surface area contributed by atoms with E-state index in [1.165, 1.54) is 39.2 Å². The lowest BCUT2D eigenvalue weighted by molar-refractivity contribution is -0.140. The van der Waals surface area contributed by atoms with E-state index in [-0.39, 0.29) is 5.97 Å². The normalized spacial score (nSPS) is 10.9. The summed E-state index contributed by atoms with van der Waals surface area (Å²) in [5.41, 5.74) is 0. The fraction of sp³-hybridized carbons (Fsp3) is 0.667. The monoisotopic (exact) mass is 318 g/mol. The molecule has 0 bridgehead atoms. The minimum absolute atomic E-state index is 0.0951. The van der Waals surface area contributed by atoms with Crippen LogP contribution in [-0.2, 0) is 9.53 Å². The van der Waals surface area contributed by atoms with Gasteiger partial charge in [-0.3, -0.25) is 4.79 Å². The highest BCUT2D eigenvalue weighted by atomic mass is 16.5. The van der Waals surface area contributed by atoms with Crippen LogP contribution in [0.3, 0.4) is 0 Å². The highest BCUT2D eigenvalue weighted by molar-refractivity contribution is 5.68. The number of unbranched alkanes of at least 4 members (excludes halogenated alkanes) is 7. The van der Waals surface area contributed by atoms with Crippen LogP contribution in [-0.4, -0.2) is 13.1 Å². The van der Waals surface area contributed by atoms with E-state index in [0.717, 1.165) is 38.5 Å². The molecule has 0 fully saturated rings. The smallest absolute Gasteiger partial charge is 0.305 e. The fourth-order valence-electron chi connectivity index (χ4n) is 2.14. The predicted molar refractivity (Wildman–Crippen MR) is 99.2 cm³/mol. The van der Waals surface area contributed by atoms with Gasteiger partial charge in [-0.1, -0.05) is 62.8 Å². The molecule has 0 spiro atoms. The number of allylic oxidation sites excluding steroid dienone is 4. The molecule has 0 radical (unpaired) electrons. The second kappa shape index (κ2) is 18.6. The van der Waals surface area contributed by atoms with Crippen LogP contribution in [0.4, 0.5) is 0 Å². The van der Waals surface area contributed by atoms with Gasteiger partial charge in [-0.2, -0.15) is 0 Å². The van der Waals surface area contributed by atoms with Gasteiger partial charge in [0.25, 0.3) is 0 Å². The molecule has 0 N–H and O–H groups in total. The van der Waals surface area contributed by atoms with E-state index in [4.69, 9.17) is 0 Å². The summed E-state index contributed by atoms with van der Waals surface area (Å²) in [6, 6.07) is 0. The maximum absolute atomic E-state index is 10.9. The lowest BCUT2D eigenvalue weighted by Gasteiger charge is -1.99. The topological polar surface area (TPSA) is 26.3 Å². The van der Waals surface area contributed by atoms with E-state index < -0.39 is 0 Å². The zero-order valence-corrected chi connectivity index (χ0v) is 15.1. The van der Waals surface area contributed by atoms with Crippen molar-refractivity contribution >= 4 is 5.97 Å². The summed E-state index contributed by atoms with van der Waals surface area (Å²) in [7, 11) is 1.45. The van der Waals surface area contributed by atoms with Crippen molar-refractivity contribution in [2.45, 2.75) is 84.0 Å². The molecule has 0 unspecified atom stereocenters. The lowest BCUT2D eigenvalue weighted by atomic mass is 10.1. The molecule has 0 heterocycles. The van der Waals surface area contributed by atoms with Gasteiger partial charge in [-0.25, -0.2) is 0 Å². The minimum Gasteiger partial charge on any atom is -0.469 e. The van der Waals surface area contributed by atoms with Crippen LogP contribution in [0, 0.1) is 11.8 Å². The second-order valence-electron chi connectivity index (χ2n) is 5.72. The van der Waals surface area contributed by atoms with Gasteiger partial charge in [0.15, 0.2) is 0 Å². The van der Waals surface area contributed by atoms with Gasteiger partial charge < -0.3 is 4.74 Å². The molecule has 0 aliphatic rings. The Morgan fingerprint density at radius 3 is 2.48 bits per heavy atom. The summed E-state index contributed by atoms with van der Waals surface area (Å²) < 4.78 is 4.61. The quantitative estimate of drug-likeness (QED) is 0.181. The molecule has 0 amide bonds. The first kappa shape index (κ1) is 21.5. The Labute approximate surface area is 143 Å². The summed E-state index contributed by atoms with van der Waals surface area (Å²) in [6.45, 7) is 2.22. The minimum atomic E-state index is -0.0951. The molecule has 0 rings (SSSR count). The molecule has 0 aromatic rings. The number of hydrogen-bond acceptors (Lipinski definition) is 2. The van der Waals surface area contributed by atoms with Crippen molar-refractivity contribution in [3.63, 3.8) is 0 Å². The summed E-state index contributed by atoms with van der Waals surface area (Å²) in [4.78, 5) is 10.9. The van der Waals surface area contributed by atoms with Gasteiger partial charge in [0, 0.05) is 19.3 Å². The molecule has 0 aliphatic carbocycles. The summed E-state index contributed by atoms with van der Waals surface area (Å²) in [6.07, 6.45) is 21.6. The Kier molecular flexibility index (Phi) is 17.4. The number of carbonyl (C=O) groups excluding carboxylic acids is 1.